The molecule has 4 rings (SSSR count). The van der Waals surface area contributed by atoms with E-state index in [0.29, 0.717) is 0 Å². The number of benzene rings is 4. The van der Waals surface area contributed by atoms with Crippen LogP contribution in [0.2, 0.25) is 5.02 Å². The molecule has 2 unspecified atom stereocenters. The van der Waals surface area contributed by atoms with Crippen molar-refractivity contribution in [3.05, 3.63) is 112 Å². The first-order valence-electron chi connectivity index (χ1n) is 11.7. The normalized spacial score (nSPS) is 12.8. The fourth-order valence-electron chi connectivity index (χ4n) is 4.02. The first-order chi connectivity index (χ1) is 17.8. The first kappa shape index (κ1) is 25.9. The summed E-state index contributed by atoms with van der Waals surface area (Å²) in [7, 11) is 0. The minimum Gasteiger partial charge on any atom is -0.506 e. The lowest BCUT2D eigenvalue weighted by Gasteiger charge is -2.21. The van der Waals surface area contributed by atoms with E-state index in [0.717, 1.165) is 27.5 Å². The van der Waals surface area contributed by atoms with E-state index < -0.39 is 18.1 Å². The molecule has 0 heterocycles. The number of nitrogens with zero attached hydrogens (tertiary/aromatic N) is 1. The van der Waals surface area contributed by atoms with Crippen molar-refractivity contribution in [1.82, 2.24) is 10.7 Å². The molecule has 4 aromatic rings. The number of hydrazone groups is 1. The van der Waals surface area contributed by atoms with E-state index in [4.69, 9.17) is 11.6 Å². The lowest BCUT2D eigenvalue weighted by Crippen LogP contribution is -2.38. The molecule has 4 aromatic carbocycles. The van der Waals surface area contributed by atoms with Crippen molar-refractivity contribution in [3.63, 3.8) is 0 Å². The molecular weight excluding hydrogens is 490 g/mol. The summed E-state index contributed by atoms with van der Waals surface area (Å²) in [6.45, 7) is 1.77. The average Bonchev–Trinajstić information content (AvgIpc) is 2.91. The Morgan fingerprint density at radius 3 is 2.41 bits per heavy atom. The van der Waals surface area contributed by atoms with E-state index >= 15 is 0 Å². The van der Waals surface area contributed by atoms with Gasteiger partial charge in [0.15, 0.2) is 0 Å². The number of rotatable bonds is 8. The lowest BCUT2D eigenvalue weighted by atomic mass is 9.97. The molecule has 2 atom stereocenters. The van der Waals surface area contributed by atoms with Gasteiger partial charge >= 0.3 is 0 Å². The van der Waals surface area contributed by atoms with Gasteiger partial charge in [0.2, 0.25) is 5.91 Å². The predicted molar refractivity (Wildman–Crippen MR) is 145 cm³/mol. The Morgan fingerprint density at radius 2 is 1.68 bits per heavy atom. The van der Waals surface area contributed by atoms with Gasteiger partial charge in [-0.3, -0.25) is 9.59 Å². The van der Waals surface area contributed by atoms with Crippen LogP contribution in [0.5, 0.6) is 5.75 Å². The van der Waals surface area contributed by atoms with E-state index in [9.17, 15) is 19.8 Å². The van der Waals surface area contributed by atoms with Gasteiger partial charge in [-0.05, 0) is 47.0 Å². The zero-order valence-corrected chi connectivity index (χ0v) is 20.8. The average molecular weight is 516 g/mol. The van der Waals surface area contributed by atoms with Crippen molar-refractivity contribution in [3.8, 4) is 5.75 Å². The van der Waals surface area contributed by atoms with Crippen LogP contribution < -0.4 is 10.7 Å². The number of hydrogen-bond donors (Lipinski definition) is 4. The molecule has 37 heavy (non-hydrogen) atoms. The monoisotopic (exact) mass is 515 g/mol. The summed E-state index contributed by atoms with van der Waals surface area (Å²) in [6, 6.07) is 24.2. The Kier molecular flexibility index (Phi) is 8.18. The molecule has 188 valence electrons. The molecule has 0 saturated carbocycles. The van der Waals surface area contributed by atoms with Gasteiger partial charge in [-0.25, -0.2) is 5.43 Å². The van der Waals surface area contributed by atoms with Gasteiger partial charge in [-0.1, -0.05) is 78.3 Å². The van der Waals surface area contributed by atoms with Crippen LogP contribution in [-0.2, 0) is 11.2 Å². The molecule has 8 heteroatoms. The number of phenolic OH excluding ortho intramolecular Hbond substituents is 1. The predicted octanol–water partition coefficient (Wildman–Crippen LogP) is 4.74. The Balaban J connectivity index is 1.45. The van der Waals surface area contributed by atoms with Crippen LogP contribution in [0.4, 0.5) is 0 Å². The first-order valence-corrected chi connectivity index (χ1v) is 12.1. The largest absolute Gasteiger partial charge is 0.506 e. The van der Waals surface area contributed by atoms with Gasteiger partial charge in [-0.2, -0.15) is 5.10 Å². The third-order valence-electron chi connectivity index (χ3n) is 5.98. The van der Waals surface area contributed by atoms with E-state index in [2.05, 4.69) is 15.8 Å². The van der Waals surface area contributed by atoms with Crippen LogP contribution >= 0.6 is 11.6 Å². The molecule has 0 spiro atoms. The third-order valence-corrected chi connectivity index (χ3v) is 6.28. The molecule has 0 saturated heterocycles. The lowest BCUT2D eigenvalue weighted by molar-refractivity contribution is -0.121. The van der Waals surface area contributed by atoms with E-state index in [1.54, 1.807) is 6.92 Å². The highest BCUT2D eigenvalue weighted by molar-refractivity contribution is 6.32. The Morgan fingerprint density at radius 1 is 0.973 bits per heavy atom. The number of fused-ring (bicyclic) bond motifs is 1. The second-order valence-electron chi connectivity index (χ2n) is 8.61. The topological polar surface area (TPSA) is 111 Å². The van der Waals surface area contributed by atoms with E-state index in [1.807, 2.05) is 66.7 Å². The summed E-state index contributed by atoms with van der Waals surface area (Å²) in [5.41, 5.74) is 5.05. The van der Waals surface area contributed by atoms with Gasteiger partial charge in [0, 0.05) is 11.1 Å². The number of aliphatic hydroxyl groups excluding tert-OH is 1. The Bertz CT molecular complexity index is 1460. The van der Waals surface area contributed by atoms with Crippen molar-refractivity contribution < 1.29 is 19.8 Å². The van der Waals surface area contributed by atoms with Crippen molar-refractivity contribution in [2.75, 3.05) is 0 Å². The summed E-state index contributed by atoms with van der Waals surface area (Å²) in [6.07, 6.45) is 0.861. The zero-order valence-electron chi connectivity index (χ0n) is 20.1. The summed E-state index contributed by atoms with van der Waals surface area (Å²) < 4.78 is 0. The number of aliphatic hydroxyl groups is 1. The Hall–Kier alpha value is -4.20. The minimum atomic E-state index is -0.812. The van der Waals surface area contributed by atoms with Crippen LogP contribution in [0, 0.1) is 0 Å². The van der Waals surface area contributed by atoms with Crippen LogP contribution in [0.25, 0.3) is 10.8 Å². The second-order valence-corrected chi connectivity index (χ2v) is 9.02. The van der Waals surface area contributed by atoms with Crippen molar-refractivity contribution in [1.29, 1.82) is 0 Å². The standard InChI is InChI=1S/C29H26ClN3O4/c1-18(28(36)19-7-3-2-4-8-19)32-27(35)16-20-11-12-22(24-10-6-5-9-23(20)24)17-31-33-29(37)21-13-14-26(34)25(30)15-21/h2-15,17-18,28,34,36H,16H2,1H3,(H,32,35)(H,33,37)/b31-17+. The summed E-state index contributed by atoms with van der Waals surface area (Å²) in [5, 5.41) is 28.8. The number of nitrogens with one attached hydrogen (secondary N) is 2. The highest BCUT2D eigenvalue weighted by atomic mass is 35.5. The number of hydrogen-bond acceptors (Lipinski definition) is 5. The summed E-state index contributed by atoms with van der Waals surface area (Å²) in [4.78, 5) is 25.1. The third kappa shape index (κ3) is 6.33. The molecule has 0 bridgehead atoms. The van der Waals surface area contributed by atoms with Crippen LogP contribution in [-0.4, -0.2) is 34.3 Å². The quantitative estimate of drug-likeness (QED) is 0.200. The van der Waals surface area contributed by atoms with Crippen molar-refractivity contribution in [2.24, 2.45) is 5.10 Å². The molecule has 0 radical (unpaired) electrons. The number of carbonyl (C=O) groups is 2. The molecule has 2 amide bonds. The molecular formula is C29H26ClN3O4. The van der Waals surface area contributed by atoms with Gasteiger partial charge in [0.05, 0.1) is 29.8 Å². The van der Waals surface area contributed by atoms with Crippen LogP contribution in [0.1, 0.15) is 40.1 Å². The maximum Gasteiger partial charge on any atom is 0.271 e. The molecule has 7 nitrogen and oxygen atoms in total. The fourth-order valence-corrected chi connectivity index (χ4v) is 4.20. The number of carbonyl (C=O) groups excluding carboxylic acids is 2. The van der Waals surface area contributed by atoms with Gasteiger partial charge in [-0.15, -0.1) is 0 Å². The highest BCUT2D eigenvalue weighted by Gasteiger charge is 2.19. The minimum absolute atomic E-state index is 0.0752. The molecule has 0 aliphatic heterocycles. The number of amides is 2. The number of halogens is 1. The van der Waals surface area contributed by atoms with Crippen molar-refractivity contribution in [2.45, 2.75) is 25.5 Å². The fraction of sp³-hybridized carbons (Fsp3) is 0.138. The van der Waals surface area contributed by atoms with Gasteiger partial charge < -0.3 is 15.5 Å². The maximum atomic E-state index is 12.8. The van der Waals surface area contributed by atoms with Gasteiger partial charge in [0.25, 0.3) is 5.91 Å². The zero-order chi connectivity index (χ0) is 26.4. The SMILES string of the molecule is CC(NC(=O)Cc1ccc(/C=N/NC(=O)c2ccc(O)c(Cl)c2)c2ccccc12)C(O)c1ccccc1. The van der Waals surface area contributed by atoms with Crippen LogP contribution in [0.3, 0.4) is 0 Å². The molecule has 0 fully saturated rings. The smallest absolute Gasteiger partial charge is 0.271 e. The molecule has 4 N–H and O–H groups in total. The van der Waals surface area contributed by atoms with Crippen LogP contribution in [0.15, 0.2) is 90.0 Å². The molecule has 0 aliphatic carbocycles. The molecule has 0 aliphatic rings. The van der Waals surface area contributed by atoms with Crippen molar-refractivity contribution >= 4 is 40.4 Å². The summed E-state index contributed by atoms with van der Waals surface area (Å²) in [5.74, 6) is -0.778. The second kappa shape index (κ2) is 11.7. The summed E-state index contributed by atoms with van der Waals surface area (Å²) >= 11 is 5.87. The van der Waals surface area contributed by atoms with E-state index in [1.165, 1.54) is 24.4 Å². The number of aromatic hydroxyl groups is 1. The van der Waals surface area contributed by atoms with Gasteiger partial charge in [0.1, 0.15) is 5.75 Å². The Labute approximate surface area is 219 Å². The molecule has 0 aromatic heterocycles. The highest BCUT2D eigenvalue weighted by Crippen LogP contribution is 2.24. The number of phenols is 1. The van der Waals surface area contributed by atoms with E-state index in [-0.39, 0.29) is 28.7 Å². The maximum absolute atomic E-state index is 12.8.